The van der Waals surface area contributed by atoms with Crippen molar-refractivity contribution in [1.29, 1.82) is 0 Å². The number of pyridine rings is 1. The average Bonchev–Trinajstić information content (AvgIpc) is 3.06. The Kier molecular flexibility index (Phi) is 4.47. The molecule has 7 heteroatoms. The van der Waals surface area contributed by atoms with Crippen molar-refractivity contribution >= 4 is 5.91 Å². The molecule has 0 aliphatic carbocycles. The minimum Gasteiger partial charge on any atom is -0.337 e. The summed E-state index contributed by atoms with van der Waals surface area (Å²) in [5, 5.41) is 0. The standard InChI is InChI=1S/C16H19N5O2/c1-20(11-14-17-6-2-7-18-14)13-5-8-21(10-13)16(23)12-3-4-15(22)19-9-12/h2-4,6-7,9,13H,5,8,10-11H2,1H3,(H,19,22). The van der Waals surface area contributed by atoms with Crippen LogP contribution in [0.25, 0.3) is 0 Å². The molecular formula is C16H19N5O2. The van der Waals surface area contributed by atoms with Crippen LogP contribution in [0.4, 0.5) is 0 Å². The summed E-state index contributed by atoms with van der Waals surface area (Å²) < 4.78 is 0. The molecule has 0 bridgehead atoms. The van der Waals surface area contributed by atoms with Gasteiger partial charge >= 0.3 is 0 Å². The second-order valence-corrected chi connectivity index (χ2v) is 5.72. The van der Waals surface area contributed by atoms with Gasteiger partial charge in [-0.3, -0.25) is 14.5 Å². The lowest BCUT2D eigenvalue weighted by molar-refractivity contribution is 0.0779. The SMILES string of the molecule is CN(Cc1ncccn1)C1CCN(C(=O)c2ccc(=O)[nH]c2)C1. The number of amides is 1. The van der Waals surface area contributed by atoms with Crippen LogP contribution in [-0.2, 0) is 6.54 Å². The predicted molar refractivity (Wildman–Crippen MR) is 84.9 cm³/mol. The number of aromatic amines is 1. The van der Waals surface area contributed by atoms with Gasteiger partial charge in [0.25, 0.3) is 5.91 Å². The van der Waals surface area contributed by atoms with Gasteiger partial charge in [0.2, 0.25) is 5.56 Å². The zero-order valence-electron chi connectivity index (χ0n) is 13.0. The number of aromatic nitrogens is 3. The molecule has 3 heterocycles. The Morgan fingerprint density at radius 3 is 2.87 bits per heavy atom. The van der Waals surface area contributed by atoms with Crippen molar-refractivity contribution in [3.8, 4) is 0 Å². The van der Waals surface area contributed by atoms with E-state index in [0.717, 1.165) is 12.2 Å². The van der Waals surface area contributed by atoms with Crippen LogP contribution in [0.2, 0.25) is 0 Å². The summed E-state index contributed by atoms with van der Waals surface area (Å²) in [6, 6.07) is 5.02. The molecule has 0 aromatic carbocycles. The molecule has 1 unspecified atom stereocenters. The fraction of sp³-hybridized carbons (Fsp3) is 0.375. The van der Waals surface area contributed by atoms with E-state index in [-0.39, 0.29) is 17.5 Å². The van der Waals surface area contributed by atoms with Crippen molar-refractivity contribution in [2.75, 3.05) is 20.1 Å². The van der Waals surface area contributed by atoms with Gasteiger partial charge in [0.15, 0.2) is 0 Å². The van der Waals surface area contributed by atoms with Gasteiger partial charge in [-0.05, 0) is 25.6 Å². The number of nitrogens with zero attached hydrogens (tertiary/aromatic N) is 4. The summed E-state index contributed by atoms with van der Waals surface area (Å²) in [6.07, 6.45) is 5.85. The lowest BCUT2D eigenvalue weighted by Crippen LogP contribution is -2.36. The molecule has 3 rings (SSSR count). The first-order valence-corrected chi connectivity index (χ1v) is 7.57. The Hall–Kier alpha value is -2.54. The third-order valence-electron chi connectivity index (χ3n) is 4.12. The highest BCUT2D eigenvalue weighted by atomic mass is 16.2. The smallest absolute Gasteiger partial charge is 0.255 e. The molecule has 7 nitrogen and oxygen atoms in total. The van der Waals surface area contributed by atoms with E-state index >= 15 is 0 Å². The molecule has 1 N–H and O–H groups in total. The van der Waals surface area contributed by atoms with Crippen LogP contribution in [0.3, 0.4) is 0 Å². The van der Waals surface area contributed by atoms with E-state index in [4.69, 9.17) is 0 Å². The number of nitrogens with one attached hydrogen (secondary N) is 1. The molecule has 2 aromatic heterocycles. The van der Waals surface area contributed by atoms with Crippen molar-refractivity contribution in [2.24, 2.45) is 0 Å². The third-order valence-corrected chi connectivity index (χ3v) is 4.12. The molecule has 1 fully saturated rings. The Morgan fingerprint density at radius 2 is 2.17 bits per heavy atom. The minimum absolute atomic E-state index is 0.0480. The third kappa shape index (κ3) is 3.62. The molecule has 2 aromatic rings. The number of H-pyrrole nitrogens is 1. The molecular weight excluding hydrogens is 294 g/mol. The second-order valence-electron chi connectivity index (χ2n) is 5.72. The van der Waals surface area contributed by atoms with Crippen molar-refractivity contribution in [3.05, 3.63) is 58.5 Å². The number of hydrogen-bond donors (Lipinski definition) is 1. The van der Waals surface area contributed by atoms with E-state index in [9.17, 15) is 9.59 Å². The fourth-order valence-electron chi connectivity index (χ4n) is 2.78. The maximum absolute atomic E-state index is 12.4. The normalized spacial score (nSPS) is 17.7. The van der Waals surface area contributed by atoms with Crippen molar-refractivity contribution in [1.82, 2.24) is 24.8 Å². The van der Waals surface area contributed by atoms with Gasteiger partial charge in [0.1, 0.15) is 5.82 Å². The van der Waals surface area contributed by atoms with E-state index in [2.05, 4.69) is 19.9 Å². The summed E-state index contributed by atoms with van der Waals surface area (Å²) in [5.41, 5.74) is 0.308. The summed E-state index contributed by atoms with van der Waals surface area (Å²) in [6.45, 7) is 2.04. The van der Waals surface area contributed by atoms with Crippen molar-refractivity contribution in [2.45, 2.75) is 19.0 Å². The zero-order chi connectivity index (χ0) is 16.2. The quantitative estimate of drug-likeness (QED) is 0.889. The zero-order valence-corrected chi connectivity index (χ0v) is 13.0. The first-order valence-electron chi connectivity index (χ1n) is 7.57. The van der Waals surface area contributed by atoms with Gasteiger partial charge in [-0.1, -0.05) is 0 Å². The lowest BCUT2D eigenvalue weighted by Gasteiger charge is -2.23. The predicted octanol–water partition coefficient (Wildman–Crippen LogP) is 0.511. The Balaban J connectivity index is 1.60. The Labute approximate surface area is 134 Å². The highest BCUT2D eigenvalue weighted by molar-refractivity contribution is 5.94. The number of rotatable bonds is 4. The number of carbonyl (C=O) groups excluding carboxylic acids is 1. The minimum atomic E-state index is -0.205. The molecule has 0 saturated carbocycles. The van der Waals surface area contributed by atoms with E-state index in [1.54, 1.807) is 24.5 Å². The van der Waals surface area contributed by atoms with Crippen LogP contribution in [-0.4, -0.2) is 56.8 Å². The summed E-state index contributed by atoms with van der Waals surface area (Å²) in [5.74, 6) is 0.730. The lowest BCUT2D eigenvalue weighted by atomic mass is 10.2. The summed E-state index contributed by atoms with van der Waals surface area (Å²) in [7, 11) is 2.02. The molecule has 0 spiro atoms. The van der Waals surface area contributed by atoms with E-state index < -0.39 is 0 Å². The van der Waals surface area contributed by atoms with Crippen LogP contribution in [0.1, 0.15) is 22.6 Å². The number of carbonyl (C=O) groups is 1. The van der Waals surface area contributed by atoms with Gasteiger partial charge in [-0.25, -0.2) is 9.97 Å². The molecule has 1 aliphatic rings. The van der Waals surface area contributed by atoms with Crippen molar-refractivity contribution in [3.63, 3.8) is 0 Å². The largest absolute Gasteiger partial charge is 0.337 e. The molecule has 1 amide bonds. The molecule has 23 heavy (non-hydrogen) atoms. The number of likely N-dealkylation sites (tertiary alicyclic amines) is 1. The molecule has 1 saturated heterocycles. The maximum Gasteiger partial charge on any atom is 0.255 e. The van der Waals surface area contributed by atoms with Crippen LogP contribution >= 0.6 is 0 Å². The first kappa shape index (κ1) is 15.4. The van der Waals surface area contributed by atoms with Crippen LogP contribution in [0, 0.1) is 0 Å². The molecule has 1 atom stereocenters. The topological polar surface area (TPSA) is 82.2 Å². The summed E-state index contributed by atoms with van der Waals surface area (Å²) >= 11 is 0. The number of hydrogen-bond acceptors (Lipinski definition) is 5. The van der Waals surface area contributed by atoms with Gasteiger partial charge < -0.3 is 9.88 Å². The molecule has 0 radical (unpaired) electrons. The van der Waals surface area contributed by atoms with Crippen LogP contribution in [0.15, 0.2) is 41.6 Å². The second kappa shape index (κ2) is 6.70. The highest BCUT2D eigenvalue weighted by Gasteiger charge is 2.29. The van der Waals surface area contributed by atoms with Gasteiger partial charge in [-0.2, -0.15) is 0 Å². The van der Waals surface area contributed by atoms with E-state index in [0.29, 0.717) is 25.2 Å². The molecule has 120 valence electrons. The monoisotopic (exact) mass is 313 g/mol. The Bertz CT molecular complexity index is 710. The number of likely N-dealkylation sites (N-methyl/N-ethyl adjacent to an activating group) is 1. The fourth-order valence-corrected chi connectivity index (χ4v) is 2.78. The van der Waals surface area contributed by atoms with Crippen molar-refractivity contribution < 1.29 is 4.79 Å². The van der Waals surface area contributed by atoms with Gasteiger partial charge in [0, 0.05) is 43.8 Å². The van der Waals surface area contributed by atoms with Gasteiger partial charge in [-0.15, -0.1) is 0 Å². The Morgan fingerprint density at radius 1 is 1.39 bits per heavy atom. The van der Waals surface area contributed by atoms with Crippen LogP contribution in [0.5, 0.6) is 0 Å². The maximum atomic E-state index is 12.4. The first-order chi connectivity index (χ1) is 11.1. The summed E-state index contributed by atoms with van der Waals surface area (Å²) in [4.78, 5) is 38.5. The van der Waals surface area contributed by atoms with Crippen LogP contribution < -0.4 is 5.56 Å². The van der Waals surface area contributed by atoms with Gasteiger partial charge in [0.05, 0.1) is 12.1 Å². The molecule has 1 aliphatic heterocycles. The highest BCUT2D eigenvalue weighted by Crippen LogP contribution is 2.17. The average molecular weight is 313 g/mol. The van der Waals surface area contributed by atoms with E-state index in [1.165, 1.54) is 12.3 Å². The van der Waals surface area contributed by atoms with E-state index in [1.807, 2.05) is 11.9 Å².